The molecule has 3 fully saturated rings. The minimum absolute atomic E-state index is 0.0170. The van der Waals surface area contributed by atoms with Crippen LogP contribution in [0.15, 0.2) is 72.8 Å². The number of alkyl halides is 1. The molecule has 0 radical (unpaired) electrons. The minimum Gasteiger partial charge on any atom is -0.465 e. The van der Waals surface area contributed by atoms with Gasteiger partial charge in [-0.05, 0) is 98.9 Å². The minimum atomic E-state index is -4.44. The average molecular weight is 815 g/mol. The van der Waals surface area contributed by atoms with Crippen molar-refractivity contribution < 1.29 is 37.4 Å². The van der Waals surface area contributed by atoms with Crippen LogP contribution in [-0.2, 0) is 23.7 Å². The van der Waals surface area contributed by atoms with E-state index in [1.54, 1.807) is 52.3 Å². The van der Waals surface area contributed by atoms with Gasteiger partial charge in [-0.15, -0.1) is 11.3 Å². The van der Waals surface area contributed by atoms with Crippen LogP contribution >= 0.6 is 18.9 Å². The molecule has 3 aliphatic heterocycles. The predicted octanol–water partition coefficient (Wildman–Crippen LogP) is 6.61. The van der Waals surface area contributed by atoms with Crippen molar-refractivity contribution in [2.45, 2.75) is 88.4 Å². The number of nitriles is 1. The molecule has 2 unspecified atom stereocenters. The van der Waals surface area contributed by atoms with E-state index in [-0.39, 0.29) is 41.7 Å². The lowest BCUT2D eigenvalue weighted by Crippen LogP contribution is -2.58. The van der Waals surface area contributed by atoms with Gasteiger partial charge in [0.1, 0.15) is 35.6 Å². The molecule has 13 nitrogen and oxygen atoms in total. The number of nitrogens with one attached hydrogen (secondary N) is 2. The Labute approximate surface area is 334 Å². The highest BCUT2D eigenvalue weighted by Crippen LogP contribution is 2.58. The number of likely N-dealkylation sites (tertiary alicyclic amines) is 1. The van der Waals surface area contributed by atoms with Crippen molar-refractivity contribution in [3.63, 3.8) is 0 Å². The van der Waals surface area contributed by atoms with E-state index in [0.29, 0.717) is 65.9 Å². The summed E-state index contributed by atoms with van der Waals surface area (Å²) in [5.41, 5.74) is 1.11. The number of benzene rings is 2. The number of pyridine rings is 1. The lowest BCUT2D eigenvalue weighted by molar-refractivity contribution is -0.148. The Kier molecular flexibility index (Phi) is 12.0. The molecule has 57 heavy (non-hydrogen) atoms. The summed E-state index contributed by atoms with van der Waals surface area (Å²) in [6, 6.07) is 19.0. The van der Waals surface area contributed by atoms with Gasteiger partial charge in [-0.2, -0.15) is 5.26 Å². The zero-order chi connectivity index (χ0) is 40.3. The van der Waals surface area contributed by atoms with Crippen molar-refractivity contribution in [1.82, 2.24) is 25.2 Å². The highest BCUT2D eigenvalue weighted by molar-refractivity contribution is 7.57. The van der Waals surface area contributed by atoms with Crippen molar-refractivity contribution >= 4 is 52.6 Å². The predicted molar refractivity (Wildman–Crippen MR) is 211 cm³/mol. The number of rotatable bonds is 13. The smallest absolute Gasteiger partial charge is 0.355 e. The van der Waals surface area contributed by atoms with Gasteiger partial charge < -0.3 is 24.4 Å². The van der Waals surface area contributed by atoms with Crippen LogP contribution in [0, 0.1) is 11.3 Å². The van der Waals surface area contributed by atoms with Gasteiger partial charge >= 0.3 is 13.5 Å². The number of aromatic nitrogens is 1. The van der Waals surface area contributed by atoms with Crippen molar-refractivity contribution in [1.29, 1.82) is 5.26 Å². The summed E-state index contributed by atoms with van der Waals surface area (Å²) >= 11 is 1.17. The van der Waals surface area contributed by atoms with E-state index in [1.807, 2.05) is 19.1 Å². The first-order chi connectivity index (χ1) is 27.5. The van der Waals surface area contributed by atoms with E-state index in [1.165, 1.54) is 42.5 Å². The summed E-state index contributed by atoms with van der Waals surface area (Å²) < 4.78 is 42.3. The van der Waals surface area contributed by atoms with Gasteiger partial charge in [0.25, 0.3) is 5.91 Å². The normalized spacial score (nSPS) is 21.6. The number of thiophene rings is 1. The molecule has 2 aromatic heterocycles. The number of carbonyl (C=O) groups excluding carboxylic acids is 4. The van der Waals surface area contributed by atoms with Gasteiger partial charge in [-0.3, -0.25) is 23.7 Å². The Hall–Kier alpha value is -5.16. The van der Waals surface area contributed by atoms with Crippen LogP contribution in [0.3, 0.4) is 0 Å². The molecule has 6 atom stereocenters. The van der Waals surface area contributed by atoms with Gasteiger partial charge in [0.05, 0.1) is 11.5 Å². The molecular formula is C41H44FN6O7PS. The zero-order valence-electron chi connectivity index (χ0n) is 31.6. The molecule has 4 aromatic rings. The van der Waals surface area contributed by atoms with Crippen molar-refractivity contribution in [2.24, 2.45) is 0 Å². The quantitative estimate of drug-likeness (QED) is 0.111. The lowest BCUT2D eigenvalue weighted by atomic mass is 9.94. The molecular weight excluding hydrogens is 771 g/mol. The highest BCUT2D eigenvalue weighted by atomic mass is 32.1. The average Bonchev–Trinajstić information content (AvgIpc) is 3.79. The van der Waals surface area contributed by atoms with E-state index in [0.717, 1.165) is 12.1 Å². The molecule has 3 saturated heterocycles. The third kappa shape index (κ3) is 8.59. The molecule has 3 amide bonds. The summed E-state index contributed by atoms with van der Waals surface area (Å²) in [4.78, 5) is 62.2. The molecule has 0 aliphatic carbocycles. The summed E-state index contributed by atoms with van der Waals surface area (Å²) in [5.74, 6) is -3.57. The molecule has 16 heteroatoms. The number of nitrogens with zero attached hydrogens (tertiary/aromatic N) is 4. The van der Waals surface area contributed by atoms with E-state index in [2.05, 4.69) is 15.4 Å². The fourth-order valence-corrected chi connectivity index (χ4v) is 10.6. The largest absolute Gasteiger partial charge is 0.465 e. The Bertz CT molecular complexity index is 2240. The third-order valence-corrected chi connectivity index (χ3v) is 13.9. The number of carbonyl (C=O) groups is 4. The first-order valence-corrected chi connectivity index (χ1v) is 21.7. The number of esters is 1. The van der Waals surface area contributed by atoms with Crippen LogP contribution in [0.4, 0.5) is 4.39 Å². The lowest BCUT2D eigenvalue weighted by Gasteiger charge is -2.42. The molecule has 0 spiro atoms. The maximum absolute atomic E-state index is 16.5. The number of ether oxygens (including phenoxy) is 1. The second kappa shape index (κ2) is 17.1. The first kappa shape index (κ1) is 40.1. The SMILES string of the molecule is CCCOC(=O)[C@H](C)NP(=O)(Oc1ccccc1)C(F)c1ccc2sc(C(=O)N[C@H]3CCC[C@H]4CC[C@@H](C(=O)N5CC(c6cccc(C#N)n6)C5)N4C3=O)cc2c1. The van der Waals surface area contributed by atoms with E-state index < -0.39 is 43.4 Å². The van der Waals surface area contributed by atoms with E-state index in [4.69, 9.17) is 9.26 Å². The number of hydrogen-bond donors (Lipinski definition) is 2. The molecule has 298 valence electrons. The van der Waals surface area contributed by atoms with E-state index >= 15 is 4.39 Å². The molecule has 5 heterocycles. The molecule has 2 aromatic carbocycles. The van der Waals surface area contributed by atoms with Gasteiger partial charge in [0, 0.05) is 35.4 Å². The molecule has 2 N–H and O–H groups in total. The Balaban J connectivity index is 1.03. The maximum atomic E-state index is 16.5. The Morgan fingerprint density at radius 3 is 2.60 bits per heavy atom. The standard InChI is InChI=1S/C41H44FN6O7PS/c1-3-19-54-41(52)25(2)46-56(53,55-31-11-5-4-6-12-31)37(42)26-15-18-35-27(20-26)21-36(57-35)38(49)45-33-14-8-10-30-16-17-34(48(30)39(33)50)40(51)47-23-28(24-47)32-13-7-9-29(22-43)44-32/h4-7,9,11-13,15,18,20-21,25,28,30,33-34,37H,3,8,10,14,16-17,19,23-24H2,1-2H3,(H,45,49)(H,46,53)/t25-,30-,33-,34-,37?,56?/m0/s1. The number of hydrogen-bond acceptors (Lipinski definition) is 10. The monoisotopic (exact) mass is 814 g/mol. The van der Waals surface area contributed by atoms with Gasteiger partial charge in [0.2, 0.25) is 17.7 Å². The summed E-state index contributed by atoms with van der Waals surface area (Å²) in [6.45, 7) is 4.34. The molecule has 7 rings (SSSR count). The Morgan fingerprint density at radius 2 is 1.84 bits per heavy atom. The molecule has 3 aliphatic rings. The number of fused-ring (bicyclic) bond motifs is 2. The second-order valence-corrected chi connectivity index (χ2v) is 17.9. The van der Waals surface area contributed by atoms with Crippen molar-refractivity contribution in [3.8, 4) is 11.8 Å². The summed E-state index contributed by atoms with van der Waals surface area (Å²) in [5, 5.41) is 15.2. The Morgan fingerprint density at radius 1 is 1.05 bits per heavy atom. The van der Waals surface area contributed by atoms with Crippen LogP contribution in [-0.4, -0.2) is 82.3 Å². The number of halogens is 1. The summed E-state index contributed by atoms with van der Waals surface area (Å²) in [7, 11) is -4.44. The second-order valence-electron chi connectivity index (χ2n) is 14.7. The number of para-hydroxylation sites is 1. The highest BCUT2D eigenvalue weighted by Gasteiger charge is 2.48. The fourth-order valence-electron chi connectivity index (χ4n) is 7.71. The zero-order valence-corrected chi connectivity index (χ0v) is 33.3. The van der Waals surface area contributed by atoms with Gasteiger partial charge in [-0.1, -0.05) is 37.3 Å². The van der Waals surface area contributed by atoms with Crippen molar-refractivity contribution in [3.05, 3.63) is 94.6 Å². The third-order valence-electron chi connectivity index (χ3n) is 10.7. The van der Waals surface area contributed by atoms with Crippen LogP contribution in [0.5, 0.6) is 5.75 Å². The van der Waals surface area contributed by atoms with E-state index in [9.17, 15) is 29.0 Å². The van der Waals surface area contributed by atoms with Gasteiger partial charge in [-0.25, -0.2) is 14.5 Å². The summed E-state index contributed by atoms with van der Waals surface area (Å²) in [6.07, 6.45) is 3.71. The topological polar surface area (TPSA) is 171 Å². The first-order valence-electron chi connectivity index (χ1n) is 19.2. The number of amides is 3. The van der Waals surface area contributed by atoms with Crippen LogP contribution < -0.4 is 14.9 Å². The fraction of sp³-hybridized carbons (Fsp3) is 0.415. The van der Waals surface area contributed by atoms with Crippen LogP contribution in [0.25, 0.3) is 10.1 Å². The van der Waals surface area contributed by atoms with Gasteiger partial charge in [0.15, 0.2) is 0 Å². The van der Waals surface area contributed by atoms with Crippen molar-refractivity contribution in [2.75, 3.05) is 19.7 Å². The molecule has 0 saturated carbocycles. The van der Waals surface area contributed by atoms with Crippen LogP contribution in [0.1, 0.15) is 90.8 Å². The van der Waals surface area contributed by atoms with Crippen LogP contribution in [0.2, 0.25) is 0 Å². The maximum Gasteiger partial charge on any atom is 0.355 e. The molecule has 0 bridgehead atoms.